The summed E-state index contributed by atoms with van der Waals surface area (Å²) in [6.07, 6.45) is 3.57. The van der Waals surface area contributed by atoms with E-state index in [-0.39, 0.29) is 5.92 Å². The summed E-state index contributed by atoms with van der Waals surface area (Å²) in [6, 6.07) is 17.4. The number of nitrogens with one attached hydrogen (secondary N) is 1. The molecule has 0 aromatic heterocycles. The van der Waals surface area contributed by atoms with Crippen LogP contribution in [0, 0.1) is 5.92 Å². The molecule has 28 heavy (non-hydrogen) atoms. The lowest BCUT2D eigenvalue weighted by molar-refractivity contribution is 0.0995. The highest BCUT2D eigenvalue weighted by Crippen LogP contribution is 2.27. The van der Waals surface area contributed by atoms with Crippen LogP contribution in [0.15, 0.2) is 54.6 Å². The molecule has 0 saturated carbocycles. The fraction of sp³-hybridized carbons (Fsp3) is 0.458. The number of carbonyl (C=O) groups excluding carboxylic acids is 1. The summed E-state index contributed by atoms with van der Waals surface area (Å²) in [5, 5.41) is 14.3. The maximum absolute atomic E-state index is 11.9. The molecule has 0 radical (unpaired) electrons. The van der Waals surface area contributed by atoms with Crippen LogP contribution in [-0.4, -0.2) is 30.2 Å². The second kappa shape index (κ2) is 11.6. The number of nitrogens with two attached hydrogens (primary N) is 1. The van der Waals surface area contributed by atoms with Gasteiger partial charge in [-0.3, -0.25) is 4.79 Å². The van der Waals surface area contributed by atoms with E-state index in [1.54, 1.807) is 6.07 Å². The predicted octanol–water partition coefficient (Wildman–Crippen LogP) is 3.89. The standard InChI is InChI=1S/C24H34N2O2/c1-18(2)10-8-9-15-26-17-23(27)22(16-19-11-4-3-5-12-19)20-13-6-7-14-21(20)24(25)28/h3-7,11-14,18,22-23,26-27H,8-10,15-17H2,1-2H3,(H2,25,28)/t22-,23-/m0/s1. The van der Waals surface area contributed by atoms with E-state index < -0.39 is 12.0 Å². The molecule has 4 heteroatoms. The van der Waals surface area contributed by atoms with E-state index in [2.05, 4.69) is 19.2 Å². The second-order valence-electron chi connectivity index (χ2n) is 7.91. The lowest BCUT2D eigenvalue weighted by Crippen LogP contribution is -2.34. The Bertz CT molecular complexity index is 716. The van der Waals surface area contributed by atoms with Gasteiger partial charge in [0.1, 0.15) is 0 Å². The lowest BCUT2D eigenvalue weighted by Gasteiger charge is -2.25. The Labute approximate surface area is 169 Å². The minimum atomic E-state index is -0.606. The summed E-state index contributed by atoms with van der Waals surface area (Å²) in [7, 11) is 0. The maximum atomic E-state index is 11.9. The summed E-state index contributed by atoms with van der Waals surface area (Å²) in [5.41, 5.74) is 8.02. The monoisotopic (exact) mass is 382 g/mol. The van der Waals surface area contributed by atoms with Crippen LogP contribution in [0.5, 0.6) is 0 Å². The highest BCUT2D eigenvalue weighted by molar-refractivity contribution is 5.94. The van der Waals surface area contributed by atoms with Gasteiger partial charge in [-0.1, -0.05) is 75.2 Å². The van der Waals surface area contributed by atoms with Gasteiger partial charge in [0.25, 0.3) is 0 Å². The molecule has 0 spiro atoms. The maximum Gasteiger partial charge on any atom is 0.248 e. The van der Waals surface area contributed by atoms with Crippen molar-refractivity contribution in [3.8, 4) is 0 Å². The molecule has 1 amide bonds. The van der Waals surface area contributed by atoms with Gasteiger partial charge in [0.2, 0.25) is 5.91 Å². The topological polar surface area (TPSA) is 75.3 Å². The van der Waals surface area contributed by atoms with Crippen molar-refractivity contribution in [1.29, 1.82) is 0 Å². The highest BCUT2D eigenvalue weighted by Gasteiger charge is 2.25. The van der Waals surface area contributed by atoms with Gasteiger partial charge >= 0.3 is 0 Å². The van der Waals surface area contributed by atoms with E-state index in [1.807, 2.05) is 48.5 Å². The normalized spacial score (nSPS) is 13.4. The Balaban J connectivity index is 2.07. The molecule has 4 nitrogen and oxygen atoms in total. The highest BCUT2D eigenvalue weighted by atomic mass is 16.3. The largest absolute Gasteiger partial charge is 0.391 e. The Morgan fingerprint density at radius 3 is 2.39 bits per heavy atom. The first kappa shape index (κ1) is 22.1. The van der Waals surface area contributed by atoms with Crippen molar-refractivity contribution < 1.29 is 9.90 Å². The molecule has 152 valence electrons. The molecule has 0 heterocycles. The van der Waals surface area contributed by atoms with Gasteiger partial charge in [-0.15, -0.1) is 0 Å². The minimum absolute atomic E-state index is 0.200. The molecule has 2 atom stereocenters. The molecule has 4 N–H and O–H groups in total. The van der Waals surface area contributed by atoms with Crippen molar-refractivity contribution in [2.75, 3.05) is 13.1 Å². The van der Waals surface area contributed by atoms with Gasteiger partial charge in [0.05, 0.1) is 6.10 Å². The first-order valence-corrected chi connectivity index (χ1v) is 10.3. The molecule has 0 aliphatic rings. The van der Waals surface area contributed by atoms with Crippen LogP contribution in [0.4, 0.5) is 0 Å². The molecule has 0 bridgehead atoms. The van der Waals surface area contributed by atoms with Crippen molar-refractivity contribution in [2.45, 2.75) is 51.6 Å². The average molecular weight is 383 g/mol. The number of carbonyl (C=O) groups is 1. The van der Waals surface area contributed by atoms with E-state index >= 15 is 0 Å². The zero-order chi connectivity index (χ0) is 20.4. The second-order valence-corrected chi connectivity index (χ2v) is 7.91. The number of amides is 1. The number of rotatable bonds is 12. The number of aliphatic hydroxyl groups is 1. The van der Waals surface area contributed by atoms with Gasteiger partial charge < -0.3 is 16.2 Å². The zero-order valence-electron chi connectivity index (χ0n) is 17.1. The minimum Gasteiger partial charge on any atom is -0.391 e. The van der Waals surface area contributed by atoms with Gasteiger partial charge in [-0.25, -0.2) is 0 Å². The zero-order valence-corrected chi connectivity index (χ0v) is 17.1. The van der Waals surface area contributed by atoms with Crippen molar-refractivity contribution >= 4 is 5.91 Å². The third-order valence-corrected chi connectivity index (χ3v) is 5.13. The van der Waals surface area contributed by atoms with Crippen molar-refractivity contribution in [1.82, 2.24) is 5.32 Å². The summed E-state index contributed by atoms with van der Waals surface area (Å²) in [5.74, 6) is 0.0721. The van der Waals surface area contributed by atoms with Gasteiger partial charge in [0.15, 0.2) is 0 Å². The van der Waals surface area contributed by atoms with E-state index in [0.29, 0.717) is 18.5 Å². The molecule has 0 fully saturated rings. The van der Waals surface area contributed by atoms with Crippen molar-refractivity contribution in [2.24, 2.45) is 11.7 Å². The van der Waals surface area contributed by atoms with E-state index in [1.165, 1.54) is 12.8 Å². The van der Waals surface area contributed by atoms with Crippen LogP contribution in [0.2, 0.25) is 0 Å². The number of benzene rings is 2. The third kappa shape index (κ3) is 7.10. The quantitative estimate of drug-likeness (QED) is 0.488. The summed E-state index contributed by atoms with van der Waals surface area (Å²) < 4.78 is 0. The molecule has 2 aromatic carbocycles. The molecule has 0 aliphatic carbocycles. The predicted molar refractivity (Wildman–Crippen MR) is 115 cm³/mol. The number of hydrogen-bond acceptors (Lipinski definition) is 3. The first-order chi connectivity index (χ1) is 13.5. The molecular formula is C24H34N2O2. The first-order valence-electron chi connectivity index (χ1n) is 10.3. The lowest BCUT2D eigenvalue weighted by atomic mass is 9.84. The van der Waals surface area contributed by atoms with E-state index in [4.69, 9.17) is 5.73 Å². The van der Waals surface area contributed by atoms with Crippen LogP contribution in [0.1, 0.15) is 60.5 Å². The number of hydrogen-bond donors (Lipinski definition) is 3. The van der Waals surface area contributed by atoms with Crippen molar-refractivity contribution in [3.05, 3.63) is 71.3 Å². The summed E-state index contributed by atoms with van der Waals surface area (Å²) in [4.78, 5) is 11.9. The molecular weight excluding hydrogens is 348 g/mol. The molecule has 0 aliphatic heterocycles. The third-order valence-electron chi connectivity index (χ3n) is 5.13. The summed E-state index contributed by atoms with van der Waals surface area (Å²) >= 11 is 0. The Kier molecular flexibility index (Phi) is 9.18. The Morgan fingerprint density at radius 1 is 1.04 bits per heavy atom. The smallest absolute Gasteiger partial charge is 0.248 e. The fourth-order valence-corrected chi connectivity index (χ4v) is 3.56. The number of unbranched alkanes of at least 4 members (excludes halogenated alkanes) is 1. The van der Waals surface area contributed by atoms with Crippen LogP contribution in [-0.2, 0) is 6.42 Å². The SMILES string of the molecule is CC(C)CCCCNC[C@H](O)[C@@H](Cc1ccccc1)c1ccccc1C(N)=O. The van der Waals surface area contributed by atoms with E-state index in [0.717, 1.165) is 30.0 Å². The number of primary amides is 1. The molecule has 2 aromatic rings. The van der Waals surface area contributed by atoms with Gasteiger partial charge in [-0.05, 0) is 42.5 Å². The molecule has 0 unspecified atom stereocenters. The average Bonchev–Trinajstić information content (AvgIpc) is 2.69. The fourth-order valence-electron chi connectivity index (χ4n) is 3.56. The molecule has 2 rings (SSSR count). The number of aliphatic hydroxyl groups excluding tert-OH is 1. The summed E-state index contributed by atoms with van der Waals surface area (Å²) in [6.45, 7) is 5.86. The van der Waals surface area contributed by atoms with Crippen LogP contribution in [0.25, 0.3) is 0 Å². The van der Waals surface area contributed by atoms with E-state index in [9.17, 15) is 9.90 Å². The van der Waals surface area contributed by atoms with Crippen LogP contribution >= 0.6 is 0 Å². The Hall–Kier alpha value is -2.17. The van der Waals surface area contributed by atoms with Crippen LogP contribution in [0.3, 0.4) is 0 Å². The van der Waals surface area contributed by atoms with Gasteiger partial charge in [0, 0.05) is 18.0 Å². The molecule has 0 saturated heterocycles. The van der Waals surface area contributed by atoms with Crippen LogP contribution < -0.4 is 11.1 Å². The Morgan fingerprint density at radius 2 is 1.71 bits per heavy atom. The van der Waals surface area contributed by atoms with Gasteiger partial charge in [-0.2, -0.15) is 0 Å². The van der Waals surface area contributed by atoms with Crippen molar-refractivity contribution in [3.63, 3.8) is 0 Å².